The third-order valence-electron chi connectivity index (χ3n) is 3.48. The predicted octanol–water partition coefficient (Wildman–Crippen LogP) is 6.13. The smallest absolute Gasteiger partial charge is 0.298 e. The molecule has 3 rings (SSSR count). The van der Waals surface area contributed by atoms with Crippen LogP contribution in [0.2, 0.25) is 5.02 Å². The maximum absolute atomic E-state index is 12.7. The van der Waals surface area contributed by atoms with E-state index in [1.165, 1.54) is 0 Å². The third-order valence-corrected chi connectivity index (χ3v) is 5.20. The van der Waals surface area contributed by atoms with Gasteiger partial charge in [-0.15, -0.1) is 0 Å². The average molecular weight is 453 g/mol. The van der Waals surface area contributed by atoms with Gasteiger partial charge in [-0.2, -0.15) is 0 Å². The van der Waals surface area contributed by atoms with Crippen LogP contribution in [-0.4, -0.2) is 17.3 Å². The number of nitrogens with zero attached hydrogens (tertiary/aromatic N) is 1. The van der Waals surface area contributed by atoms with E-state index in [1.807, 2.05) is 32.0 Å². The van der Waals surface area contributed by atoms with Gasteiger partial charge in [0.1, 0.15) is 5.75 Å². The summed E-state index contributed by atoms with van der Waals surface area (Å²) in [7, 11) is 0. The number of carbonyl (C=O) groups excluding carboxylic acids is 2. The molecule has 0 bridgehead atoms. The minimum atomic E-state index is -0.360. The Morgan fingerprint density at radius 2 is 1.96 bits per heavy atom. The lowest BCUT2D eigenvalue weighted by Crippen LogP contribution is -2.27. The number of benzene rings is 2. The van der Waals surface area contributed by atoms with Gasteiger partial charge in [0.15, 0.2) is 0 Å². The summed E-state index contributed by atoms with van der Waals surface area (Å²) in [6, 6.07) is 12.2. The SMILES string of the molecule is CC(C)Oc1ccc(/C=C2/SC(=O)N(c3cccc(Cl)c3)C2=O)cc1Br. The van der Waals surface area contributed by atoms with Gasteiger partial charge in [0.2, 0.25) is 0 Å². The van der Waals surface area contributed by atoms with Gasteiger partial charge >= 0.3 is 0 Å². The van der Waals surface area contributed by atoms with Crippen molar-refractivity contribution in [3.05, 3.63) is 62.4 Å². The number of hydrogen-bond acceptors (Lipinski definition) is 4. The van der Waals surface area contributed by atoms with Crippen molar-refractivity contribution in [2.45, 2.75) is 20.0 Å². The number of rotatable bonds is 4. The molecule has 7 heteroatoms. The van der Waals surface area contributed by atoms with Crippen molar-refractivity contribution >= 4 is 62.2 Å². The van der Waals surface area contributed by atoms with E-state index < -0.39 is 0 Å². The standard InChI is InChI=1S/C19H15BrClNO3S/c1-11(2)25-16-7-6-12(8-15(16)20)9-17-18(23)22(19(24)26-17)14-5-3-4-13(21)10-14/h3-11H,1-2H3/b17-9+. The van der Waals surface area contributed by atoms with Crippen LogP contribution in [0.4, 0.5) is 10.5 Å². The first kappa shape index (κ1) is 19.0. The monoisotopic (exact) mass is 451 g/mol. The van der Waals surface area contributed by atoms with Crippen LogP contribution >= 0.6 is 39.3 Å². The summed E-state index contributed by atoms with van der Waals surface area (Å²) < 4.78 is 6.47. The average Bonchev–Trinajstić information content (AvgIpc) is 2.83. The molecular formula is C19H15BrClNO3S. The lowest BCUT2D eigenvalue weighted by atomic mass is 10.2. The predicted molar refractivity (Wildman–Crippen MR) is 110 cm³/mol. The molecule has 1 aliphatic rings. The van der Waals surface area contributed by atoms with E-state index in [0.29, 0.717) is 15.6 Å². The highest BCUT2D eigenvalue weighted by atomic mass is 79.9. The summed E-state index contributed by atoms with van der Waals surface area (Å²) in [5, 5.41) is 0.123. The zero-order valence-corrected chi connectivity index (χ0v) is 17.2. The maximum atomic E-state index is 12.7. The van der Waals surface area contributed by atoms with Crippen LogP contribution in [0, 0.1) is 0 Å². The van der Waals surface area contributed by atoms with Gasteiger partial charge in [0.05, 0.1) is 21.2 Å². The molecule has 0 aliphatic carbocycles. The van der Waals surface area contributed by atoms with Crippen LogP contribution in [0.5, 0.6) is 5.75 Å². The molecule has 0 radical (unpaired) electrons. The number of imide groups is 1. The lowest BCUT2D eigenvalue weighted by molar-refractivity contribution is -0.113. The van der Waals surface area contributed by atoms with E-state index in [0.717, 1.165) is 32.4 Å². The number of thioether (sulfide) groups is 1. The Kier molecular flexibility index (Phi) is 5.75. The Morgan fingerprint density at radius 1 is 1.19 bits per heavy atom. The first-order valence-corrected chi connectivity index (χ1v) is 9.83. The van der Waals surface area contributed by atoms with Crippen molar-refractivity contribution in [2.24, 2.45) is 0 Å². The molecule has 4 nitrogen and oxygen atoms in total. The summed E-state index contributed by atoms with van der Waals surface area (Å²) in [6.07, 6.45) is 1.76. The summed E-state index contributed by atoms with van der Waals surface area (Å²) >= 11 is 10.3. The van der Waals surface area contributed by atoms with Gasteiger partial charge in [-0.25, -0.2) is 4.90 Å². The number of hydrogen-bond donors (Lipinski definition) is 0. The van der Waals surface area contributed by atoms with Crippen LogP contribution in [0.1, 0.15) is 19.4 Å². The second kappa shape index (κ2) is 7.86. The Labute approximate surface area is 169 Å². The Hall–Kier alpha value is -1.76. The molecule has 0 atom stereocenters. The molecule has 1 saturated heterocycles. The van der Waals surface area contributed by atoms with Gasteiger partial charge < -0.3 is 4.74 Å². The van der Waals surface area contributed by atoms with Crippen molar-refractivity contribution in [2.75, 3.05) is 4.90 Å². The van der Waals surface area contributed by atoms with Crippen molar-refractivity contribution in [1.29, 1.82) is 0 Å². The molecule has 0 spiro atoms. The summed E-state index contributed by atoms with van der Waals surface area (Å²) in [4.78, 5) is 26.5. The Morgan fingerprint density at radius 3 is 2.62 bits per heavy atom. The molecule has 2 aromatic rings. The summed E-state index contributed by atoms with van der Waals surface area (Å²) in [5.41, 5.74) is 1.26. The molecule has 0 N–H and O–H groups in total. The molecule has 26 heavy (non-hydrogen) atoms. The molecule has 0 aromatic heterocycles. The van der Waals surface area contributed by atoms with Crippen LogP contribution in [0.25, 0.3) is 6.08 Å². The molecule has 0 unspecified atom stereocenters. The number of amides is 2. The zero-order chi connectivity index (χ0) is 18.8. The number of halogens is 2. The first-order valence-electron chi connectivity index (χ1n) is 7.85. The van der Waals surface area contributed by atoms with E-state index in [9.17, 15) is 9.59 Å². The Bertz CT molecular complexity index is 913. The Balaban J connectivity index is 1.87. The number of ether oxygens (including phenoxy) is 1. The maximum Gasteiger partial charge on any atom is 0.298 e. The molecule has 1 aliphatic heterocycles. The fourth-order valence-corrected chi connectivity index (χ4v) is 3.93. The largest absolute Gasteiger partial charge is 0.490 e. The van der Waals surface area contributed by atoms with E-state index in [1.54, 1.807) is 30.3 Å². The van der Waals surface area contributed by atoms with Crippen molar-refractivity contribution in [1.82, 2.24) is 0 Å². The highest BCUT2D eigenvalue weighted by Gasteiger charge is 2.36. The molecule has 1 fully saturated rings. The molecular weight excluding hydrogens is 438 g/mol. The van der Waals surface area contributed by atoms with Crippen LogP contribution in [0.15, 0.2) is 51.8 Å². The fourth-order valence-electron chi connectivity index (χ4n) is 2.41. The summed E-state index contributed by atoms with van der Waals surface area (Å²) in [5.74, 6) is 0.366. The van der Waals surface area contributed by atoms with E-state index >= 15 is 0 Å². The lowest BCUT2D eigenvalue weighted by Gasteiger charge is -2.12. The minimum absolute atomic E-state index is 0.0614. The summed E-state index contributed by atoms with van der Waals surface area (Å²) in [6.45, 7) is 3.90. The molecule has 134 valence electrons. The quantitative estimate of drug-likeness (QED) is 0.523. The normalized spacial score (nSPS) is 16.0. The van der Waals surface area contributed by atoms with Gasteiger partial charge in [-0.05, 0) is 83.5 Å². The van der Waals surface area contributed by atoms with Crippen LogP contribution in [-0.2, 0) is 4.79 Å². The van der Waals surface area contributed by atoms with Crippen molar-refractivity contribution in [3.63, 3.8) is 0 Å². The van der Waals surface area contributed by atoms with Crippen molar-refractivity contribution in [3.8, 4) is 5.75 Å². The second-order valence-corrected chi connectivity index (χ2v) is 8.14. The van der Waals surface area contributed by atoms with Crippen LogP contribution in [0.3, 0.4) is 0 Å². The highest BCUT2D eigenvalue weighted by molar-refractivity contribution is 9.10. The third kappa shape index (κ3) is 4.14. The molecule has 2 amide bonds. The fraction of sp³-hybridized carbons (Fsp3) is 0.158. The van der Waals surface area contributed by atoms with Gasteiger partial charge in [-0.3, -0.25) is 9.59 Å². The van der Waals surface area contributed by atoms with Gasteiger partial charge in [0.25, 0.3) is 11.1 Å². The first-order chi connectivity index (χ1) is 12.3. The topological polar surface area (TPSA) is 46.6 Å². The van der Waals surface area contributed by atoms with E-state index in [2.05, 4.69) is 15.9 Å². The highest BCUT2D eigenvalue weighted by Crippen LogP contribution is 2.37. The van der Waals surface area contributed by atoms with E-state index in [-0.39, 0.29) is 17.3 Å². The van der Waals surface area contributed by atoms with Crippen molar-refractivity contribution < 1.29 is 14.3 Å². The van der Waals surface area contributed by atoms with E-state index in [4.69, 9.17) is 16.3 Å². The molecule has 1 heterocycles. The zero-order valence-electron chi connectivity index (χ0n) is 14.0. The number of anilines is 1. The molecule has 2 aromatic carbocycles. The molecule has 0 saturated carbocycles. The number of carbonyl (C=O) groups is 2. The van der Waals surface area contributed by atoms with Gasteiger partial charge in [-0.1, -0.05) is 23.7 Å². The van der Waals surface area contributed by atoms with Crippen LogP contribution < -0.4 is 9.64 Å². The minimum Gasteiger partial charge on any atom is -0.490 e. The van der Waals surface area contributed by atoms with Gasteiger partial charge in [0, 0.05) is 5.02 Å². The second-order valence-electron chi connectivity index (χ2n) is 5.85.